The number of phenolic OH excluding ortho intramolecular Hbond substituents is 1. The summed E-state index contributed by atoms with van der Waals surface area (Å²) in [6, 6.07) is 7.27. The molecule has 0 saturated heterocycles. The highest BCUT2D eigenvalue weighted by molar-refractivity contribution is 7.89. The Balaban J connectivity index is 2.96. The quantitative estimate of drug-likeness (QED) is 0.874. The maximum atomic E-state index is 12.0. The van der Waals surface area contributed by atoms with Crippen molar-refractivity contribution >= 4 is 10.0 Å². The smallest absolute Gasteiger partial charge is 0.242 e. The predicted octanol–water partition coefficient (Wildman–Crippen LogP) is 1.17. The van der Waals surface area contributed by atoms with Gasteiger partial charge in [0.15, 0.2) is 0 Å². The summed E-state index contributed by atoms with van der Waals surface area (Å²) in [5.41, 5.74) is 0. The zero-order valence-electron chi connectivity index (χ0n) is 9.66. The topological polar surface area (TPSA) is 81.4 Å². The molecule has 1 aromatic rings. The summed E-state index contributed by atoms with van der Waals surface area (Å²) in [6.45, 7) is 1.79. The van der Waals surface area contributed by atoms with Crippen molar-refractivity contribution in [2.24, 2.45) is 5.92 Å². The van der Waals surface area contributed by atoms with E-state index in [1.165, 1.54) is 31.3 Å². The van der Waals surface area contributed by atoms with E-state index in [9.17, 15) is 8.42 Å². The third-order valence-corrected chi connectivity index (χ3v) is 4.13. The van der Waals surface area contributed by atoms with Gasteiger partial charge in [0.1, 0.15) is 5.75 Å². The minimum absolute atomic E-state index is 0.0111. The van der Waals surface area contributed by atoms with Gasteiger partial charge in [0.25, 0.3) is 0 Å². The Morgan fingerprint density at radius 1 is 1.41 bits per heavy atom. The van der Waals surface area contributed by atoms with Crippen molar-refractivity contribution in [3.8, 4) is 11.8 Å². The molecule has 1 atom stereocenters. The van der Waals surface area contributed by atoms with Crippen LogP contribution in [0.2, 0.25) is 0 Å². The van der Waals surface area contributed by atoms with Crippen LogP contribution in [-0.2, 0) is 10.0 Å². The SMILES string of the molecule is CC(C#N)CN(C)S(=O)(=O)c1ccc(O)cc1. The Morgan fingerprint density at radius 2 is 1.94 bits per heavy atom. The average molecular weight is 254 g/mol. The molecule has 92 valence electrons. The summed E-state index contributed by atoms with van der Waals surface area (Å²) in [7, 11) is -2.16. The van der Waals surface area contributed by atoms with Crippen LogP contribution in [-0.4, -0.2) is 31.4 Å². The van der Waals surface area contributed by atoms with Crippen LogP contribution in [0, 0.1) is 17.2 Å². The predicted molar refractivity (Wildman–Crippen MR) is 62.7 cm³/mol. The van der Waals surface area contributed by atoms with E-state index in [2.05, 4.69) is 0 Å². The van der Waals surface area contributed by atoms with E-state index in [1.807, 2.05) is 6.07 Å². The van der Waals surface area contributed by atoms with Gasteiger partial charge in [0.2, 0.25) is 10.0 Å². The standard InChI is InChI=1S/C11H14N2O3S/c1-9(7-12)8-13(2)17(15,16)11-5-3-10(14)4-6-11/h3-6,9,14H,8H2,1-2H3. The van der Waals surface area contributed by atoms with Crippen molar-refractivity contribution in [2.75, 3.05) is 13.6 Å². The zero-order valence-corrected chi connectivity index (χ0v) is 10.5. The Labute approximate surface area is 101 Å². The van der Waals surface area contributed by atoms with E-state index < -0.39 is 10.0 Å². The second kappa shape index (κ2) is 5.17. The number of nitrogens with zero attached hydrogens (tertiary/aromatic N) is 2. The van der Waals surface area contributed by atoms with Crippen molar-refractivity contribution in [3.05, 3.63) is 24.3 Å². The molecule has 0 aliphatic rings. The van der Waals surface area contributed by atoms with E-state index in [4.69, 9.17) is 10.4 Å². The number of hydrogen-bond donors (Lipinski definition) is 1. The van der Waals surface area contributed by atoms with Gasteiger partial charge in [-0.05, 0) is 31.2 Å². The van der Waals surface area contributed by atoms with Crippen LogP contribution in [0.4, 0.5) is 0 Å². The Kier molecular flexibility index (Phi) is 4.10. The van der Waals surface area contributed by atoms with Crippen LogP contribution in [0.3, 0.4) is 0 Å². The second-order valence-electron chi connectivity index (χ2n) is 3.81. The van der Waals surface area contributed by atoms with Crippen molar-refractivity contribution in [2.45, 2.75) is 11.8 Å². The number of nitriles is 1. The molecule has 0 heterocycles. The fraction of sp³-hybridized carbons (Fsp3) is 0.364. The molecule has 6 heteroatoms. The molecule has 0 fully saturated rings. The molecule has 0 bridgehead atoms. The molecule has 5 nitrogen and oxygen atoms in total. The van der Waals surface area contributed by atoms with Gasteiger partial charge in [-0.25, -0.2) is 8.42 Å². The highest BCUT2D eigenvalue weighted by atomic mass is 32.2. The maximum absolute atomic E-state index is 12.0. The molecule has 1 rings (SSSR count). The Morgan fingerprint density at radius 3 is 2.41 bits per heavy atom. The summed E-state index contributed by atoms with van der Waals surface area (Å²) in [5.74, 6) is -0.358. The maximum Gasteiger partial charge on any atom is 0.242 e. The highest BCUT2D eigenvalue weighted by Gasteiger charge is 2.22. The normalized spacial score (nSPS) is 13.3. The summed E-state index contributed by atoms with van der Waals surface area (Å²) >= 11 is 0. The van der Waals surface area contributed by atoms with E-state index in [0.717, 1.165) is 4.31 Å². The van der Waals surface area contributed by atoms with Crippen LogP contribution in [0.1, 0.15) is 6.92 Å². The van der Waals surface area contributed by atoms with Gasteiger partial charge < -0.3 is 5.11 Å². The van der Waals surface area contributed by atoms with Crippen molar-refractivity contribution in [1.82, 2.24) is 4.31 Å². The lowest BCUT2D eigenvalue weighted by Gasteiger charge is -2.18. The number of aromatic hydroxyl groups is 1. The van der Waals surface area contributed by atoms with E-state index in [0.29, 0.717) is 0 Å². The van der Waals surface area contributed by atoms with Gasteiger partial charge in [-0.3, -0.25) is 0 Å². The van der Waals surface area contributed by atoms with Gasteiger partial charge in [-0.1, -0.05) is 0 Å². The summed E-state index contributed by atoms with van der Waals surface area (Å²) in [4.78, 5) is 0.0999. The molecule has 0 radical (unpaired) electrons. The molecular formula is C11H14N2O3S. The molecule has 1 unspecified atom stereocenters. The Hall–Kier alpha value is -1.58. The number of phenols is 1. The van der Waals surface area contributed by atoms with Crippen molar-refractivity contribution < 1.29 is 13.5 Å². The first-order valence-corrected chi connectivity index (χ1v) is 6.47. The van der Waals surface area contributed by atoms with Gasteiger partial charge >= 0.3 is 0 Å². The van der Waals surface area contributed by atoms with Gasteiger partial charge in [-0.15, -0.1) is 0 Å². The molecule has 0 aromatic heterocycles. The first-order chi connectivity index (χ1) is 7.87. The van der Waals surface area contributed by atoms with Gasteiger partial charge in [-0.2, -0.15) is 9.57 Å². The van der Waals surface area contributed by atoms with Crippen molar-refractivity contribution in [3.63, 3.8) is 0 Å². The van der Waals surface area contributed by atoms with E-state index >= 15 is 0 Å². The van der Waals surface area contributed by atoms with Crippen LogP contribution in [0.25, 0.3) is 0 Å². The minimum Gasteiger partial charge on any atom is -0.508 e. The molecule has 0 amide bonds. The summed E-state index contributed by atoms with van der Waals surface area (Å²) < 4.78 is 25.2. The zero-order chi connectivity index (χ0) is 13.1. The van der Waals surface area contributed by atoms with Crippen LogP contribution < -0.4 is 0 Å². The number of sulfonamides is 1. The third-order valence-electron chi connectivity index (χ3n) is 2.30. The lowest BCUT2D eigenvalue weighted by Crippen LogP contribution is -2.30. The van der Waals surface area contributed by atoms with E-state index in [1.54, 1.807) is 6.92 Å². The van der Waals surface area contributed by atoms with Crippen molar-refractivity contribution in [1.29, 1.82) is 5.26 Å². The molecule has 0 aliphatic heterocycles. The Bertz CT molecular complexity index is 517. The summed E-state index contributed by atoms with van der Waals surface area (Å²) in [6.07, 6.45) is 0. The monoisotopic (exact) mass is 254 g/mol. The fourth-order valence-electron chi connectivity index (χ4n) is 1.32. The molecule has 0 saturated carbocycles. The third kappa shape index (κ3) is 3.19. The fourth-order valence-corrected chi connectivity index (χ4v) is 2.58. The van der Waals surface area contributed by atoms with Gasteiger partial charge in [0, 0.05) is 13.6 Å². The lowest BCUT2D eigenvalue weighted by molar-refractivity contribution is 0.438. The molecule has 1 N–H and O–H groups in total. The lowest BCUT2D eigenvalue weighted by atomic mass is 10.2. The minimum atomic E-state index is -3.59. The highest BCUT2D eigenvalue weighted by Crippen LogP contribution is 2.18. The second-order valence-corrected chi connectivity index (χ2v) is 5.85. The average Bonchev–Trinajstić information content (AvgIpc) is 2.29. The van der Waals surface area contributed by atoms with Crippen LogP contribution >= 0.6 is 0 Å². The molecular weight excluding hydrogens is 240 g/mol. The van der Waals surface area contributed by atoms with Crippen LogP contribution in [0.15, 0.2) is 29.2 Å². The molecule has 0 spiro atoms. The number of rotatable bonds is 4. The number of benzene rings is 1. The first-order valence-electron chi connectivity index (χ1n) is 5.03. The van der Waals surface area contributed by atoms with Crippen LogP contribution in [0.5, 0.6) is 5.75 Å². The molecule has 0 aliphatic carbocycles. The number of hydrogen-bond acceptors (Lipinski definition) is 4. The van der Waals surface area contributed by atoms with Gasteiger partial charge in [0.05, 0.1) is 16.9 Å². The molecule has 1 aromatic carbocycles. The molecule has 17 heavy (non-hydrogen) atoms. The first kappa shape index (κ1) is 13.5. The summed E-state index contributed by atoms with van der Waals surface area (Å²) in [5, 5.41) is 17.7. The largest absolute Gasteiger partial charge is 0.508 e. The van der Waals surface area contributed by atoms with E-state index in [-0.39, 0.29) is 23.1 Å².